The van der Waals surface area contributed by atoms with Gasteiger partial charge in [-0.05, 0) is 60.5 Å². The smallest absolute Gasteiger partial charge is 0.258 e. The van der Waals surface area contributed by atoms with Crippen LogP contribution in [0.1, 0.15) is 42.2 Å². The van der Waals surface area contributed by atoms with Crippen LogP contribution in [-0.2, 0) is 0 Å². The van der Waals surface area contributed by atoms with E-state index in [1.54, 1.807) is 6.07 Å². The van der Waals surface area contributed by atoms with E-state index in [2.05, 4.69) is 41.2 Å². The van der Waals surface area contributed by atoms with E-state index in [4.69, 9.17) is 23.2 Å². The molecule has 3 aromatic rings. The third-order valence-electron chi connectivity index (χ3n) is 5.97. The molecule has 0 spiro atoms. The Morgan fingerprint density at radius 3 is 2.45 bits per heavy atom. The van der Waals surface area contributed by atoms with Crippen molar-refractivity contribution in [1.82, 2.24) is 0 Å². The van der Waals surface area contributed by atoms with Crippen LogP contribution in [-0.4, -0.2) is 11.9 Å². The van der Waals surface area contributed by atoms with Crippen molar-refractivity contribution in [2.45, 2.75) is 32.4 Å². The number of fused-ring (bicyclic) bond motifs is 1. The summed E-state index contributed by atoms with van der Waals surface area (Å²) in [4.78, 5) is 15.6. The third-order valence-corrected chi connectivity index (χ3v) is 7.04. The largest absolute Gasteiger partial charge is 0.377 e. The average molecular weight is 518 g/mol. The van der Waals surface area contributed by atoms with Gasteiger partial charge in [0.25, 0.3) is 5.91 Å². The second-order valence-corrected chi connectivity index (χ2v) is 9.58. The molecule has 4 rings (SSSR count). The van der Waals surface area contributed by atoms with Gasteiger partial charge in [-0.1, -0.05) is 71.2 Å². The van der Waals surface area contributed by atoms with E-state index in [0.717, 1.165) is 27.8 Å². The summed E-state index contributed by atoms with van der Waals surface area (Å²) in [5, 5.41) is 4.80. The second-order valence-electron chi connectivity index (χ2n) is 7.82. The maximum Gasteiger partial charge on any atom is 0.258 e. The Bertz CT molecular complexity index is 1100. The van der Waals surface area contributed by atoms with Crippen LogP contribution >= 0.6 is 39.1 Å². The Morgan fingerprint density at radius 1 is 1.06 bits per heavy atom. The van der Waals surface area contributed by atoms with Gasteiger partial charge in [0.2, 0.25) is 0 Å². The summed E-state index contributed by atoms with van der Waals surface area (Å²) in [5.41, 5.74) is 3.52. The van der Waals surface area contributed by atoms with Crippen molar-refractivity contribution < 1.29 is 4.79 Å². The first kappa shape index (κ1) is 22.2. The second kappa shape index (κ2) is 9.23. The van der Waals surface area contributed by atoms with E-state index in [0.29, 0.717) is 15.6 Å². The summed E-state index contributed by atoms with van der Waals surface area (Å²) in [6.07, 6.45) is 0.838. The van der Waals surface area contributed by atoms with Crippen molar-refractivity contribution in [3.63, 3.8) is 0 Å². The predicted molar refractivity (Wildman–Crippen MR) is 133 cm³/mol. The van der Waals surface area contributed by atoms with Crippen molar-refractivity contribution in [1.29, 1.82) is 0 Å². The Balaban J connectivity index is 1.77. The molecule has 160 valence electrons. The molecule has 6 heteroatoms. The molecule has 0 unspecified atom stereocenters. The monoisotopic (exact) mass is 516 g/mol. The van der Waals surface area contributed by atoms with Gasteiger partial charge in [0.05, 0.1) is 16.8 Å². The Hall–Kier alpha value is -2.01. The molecule has 3 aromatic carbocycles. The number of carbonyl (C=O) groups excluding carboxylic acids is 1. The highest BCUT2D eigenvalue weighted by molar-refractivity contribution is 9.10. The molecule has 1 amide bonds. The Labute approximate surface area is 201 Å². The zero-order valence-corrected chi connectivity index (χ0v) is 20.4. The molecule has 0 fully saturated rings. The number of para-hydroxylation sites is 1. The molecule has 0 saturated carbocycles. The highest BCUT2D eigenvalue weighted by Crippen LogP contribution is 2.44. The van der Waals surface area contributed by atoms with Gasteiger partial charge in [-0.2, -0.15) is 0 Å². The molecular weight excluding hydrogens is 495 g/mol. The summed E-state index contributed by atoms with van der Waals surface area (Å²) in [6.45, 7) is 4.32. The lowest BCUT2D eigenvalue weighted by Crippen LogP contribution is -2.50. The van der Waals surface area contributed by atoms with Gasteiger partial charge in [0.1, 0.15) is 0 Å². The molecule has 1 N–H and O–H groups in total. The fourth-order valence-corrected chi connectivity index (χ4v) is 5.15. The lowest BCUT2D eigenvalue weighted by molar-refractivity contribution is 0.0960. The minimum Gasteiger partial charge on any atom is -0.377 e. The normalized spacial score (nSPS) is 20.3. The molecular formula is C25H23BrCl2N2O. The zero-order chi connectivity index (χ0) is 22.1. The first-order chi connectivity index (χ1) is 14.9. The van der Waals surface area contributed by atoms with Crippen LogP contribution in [0.25, 0.3) is 0 Å². The molecule has 0 aromatic heterocycles. The van der Waals surface area contributed by atoms with E-state index < -0.39 is 0 Å². The highest BCUT2D eigenvalue weighted by Gasteiger charge is 2.40. The van der Waals surface area contributed by atoms with Gasteiger partial charge < -0.3 is 10.2 Å². The SMILES string of the molecule is CC[C@@H]1[C@@H](C)[C@H](Nc2ccc(Cl)cc2Cl)c2ccccc2N1C(=O)c1ccc(Br)cc1. The van der Waals surface area contributed by atoms with Crippen LogP contribution in [0.5, 0.6) is 0 Å². The lowest BCUT2D eigenvalue weighted by Gasteiger charge is -2.45. The Morgan fingerprint density at radius 2 is 1.77 bits per heavy atom. The van der Waals surface area contributed by atoms with E-state index >= 15 is 0 Å². The van der Waals surface area contributed by atoms with Crippen molar-refractivity contribution in [3.05, 3.63) is 92.4 Å². The minimum absolute atomic E-state index is 0.00814. The van der Waals surface area contributed by atoms with E-state index in [1.165, 1.54) is 0 Å². The topological polar surface area (TPSA) is 32.3 Å². The number of anilines is 2. The number of nitrogens with one attached hydrogen (secondary N) is 1. The highest BCUT2D eigenvalue weighted by atomic mass is 79.9. The molecule has 1 aliphatic rings. The van der Waals surface area contributed by atoms with E-state index in [9.17, 15) is 4.79 Å². The molecule has 0 radical (unpaired) electrons. The van der Waals surface area contributed by atoms with Crippen molar-refractivity contribution in [3.8, 4) is 0 Å². The fraction of sp³-hybridized carbons (Fsp3) is 0.240. The standard InChI is InChI=1S/C25H23BrCl2N2O/c1-3-22-15(2)24(29-21-13-12-18(27)14-20(21)28)19-6-4-5-7-23(19)30(22)25(31)16-8-10-17(26)11-9-16/h4-15,22,24,29H,3H2,1-2H3/t15-,22-,24+/m1/s1. The number of carbonyl (C=O) groups is 1. The van der Waals surface area contributed by atoms with Gasteiger partial charge in [-0.3, -0.25) is 4.79 Å². The van der Waals surface area contributed by atoms with Crippen LogP contribution < -0.4 is 10.2 Å². The number of hydrogen-bond acceptors (Lipinski definition) is 2. The molecule has 31 heavy (non-hydrogen) atoms. The first-order valence-corrected chi connectivity index (χ1v) is 11.8. The van der Waals surface area contributed by atoms with Gasteiger partial charge in [0, 0.05) is 32.7 Å². The number of nitrogens with zero attached hydrogens (tertiary/aromatic N) is 1. The molecule has 0 bridgehead atoms. The number of halogens is 3. The molecule has 0 saturated heterocycles. The maximum atomic E-state index is 13.6. The van der Waals surface area contributed by atoms with Gasteiger partial charge >= 0.3 is 0 Å². The summed E-state index contributed by atoms with van der Waals surface area (Å²) in [5.74, 6) is 0.174. The first-order valence-electron chi connectivity index (χ1n) is 10.3. The van der Waals surface area contributed by atoms with Crippen molar-refractivity contribution >= 4 is 56.4 Å². The molecule has 3 nitrogen and oxygen atoms in total. The number of benzene rings is 3. The molecule has 1 aliphatic heterocycles. The number of rotatable bonds is 4. The number of amides is 1. The maximum absolute atomic E-state index is 13.6. The van der Waals surface area contributed by atoms with Crippen molar-refractivity contribution in [2.75, 3.05) is 10.2 Å². The summed E-state index contributed by atoms with van der Waals surface area (Å²) in [7, 11) is 0. The fourth-order valence-electron chi connectivity index (χ4n) is 4.42. The lowest BCUT2D eigenvalue weighted by atomic mass is 9.80. The quantitative estimate of drug-likeness (QED) is 0.380. The Kier molecular flexibility index (Phi) is 6.61. The molecule has 1 heterocycles. The summed E-state index contributed by atoms with van der Waals surface area (Å²) >= 11 is 16.0. The predicted octanol–water partition coefficient (Wildman–Crippen LogP) is 7.98. The number of hydrogen-bond donors (Lipinski definition) is 1. The van der Waals surface area contributed by atoms with Crippen molar-refractivity contribution in [2.24, 2.45) is 5.92 Å². The third kappa shape index (κ3) is 4.34. The van der Waals surface area contributed by atoms with Crippen LogP contribution in [0.3, 0.4) is 0 Å². The summed E-state index contributed by atoms with van der Waals surface area (Å²) < 4.78 is 0.951. The summed E-state index contributed by atoms with van der Waals surface area (Å²) in [6, 6.07) is 21.2. The van der Waals surface area contributed by atoms with Crippen LogP contribution in [0.4, 0.5) is 11.4 Å². The van der Waals surface area contributed by atoms with Gasteiger partial charge in [-0.15, -0.1) is 0 Å². The molecule has 0 aliphatic carbocycles. The van der Waals surface area contributed by atoms with Crippen LogP contribution in [0, 0.1) is 5.92 Å². The van der Waals surface area contributed by atoms with E-state index in [1.807, 2.05) is 59.5 Å². The van der Waals surface area contributed by atoms with E-state index in [-0.39, 0.29) is 23.9 Å². The van der Waals surface area contributed by atoms with Gasteiger partial charge in [-0.25, -0.2) is 0 Å². The zero-order valence-electron chi connectivity index (χ0n) is 17.3. The van der Waals surface area contributed by atoms with Crippen LogP contribution in [0.15, 0.2) is 71.2 Å². The minimum atomic E-state index is 0.00814. The van der Waals surface area contributed by atoms with Crippen LogP contribution in [0.2, 0.25) is 10.0 Å². The van der Waals surface area contributed by atoms with Gasteiger partial charge in [0.15, 0.2) is 0 Å². The molecule has 3 atom stereocenters. The average Bonchev–Trinajstić information content (AvgIpc) is 2.76.